The van der Waals surface area contributed by atoms with Crippen molar-refractivity contribution in [1.29, 1.82) is 0 Å². The highest BCUT2D eigenvalue weighted by Gasteiger charge is 2.41. The number of anilines is 1. The molecule has 5 rings (SSSR count). The zero-order chi connectivity index (χ0) is 21.9. The maximum atomic E-state index is 12.4. The van der Waals surface area contributed by atoms with Crippen LogP contribution in [-0.2, 0) is 11.2 Å². The van der Waals surface area contributed by atoms with E-state index in [0.29, 0.717) is 19.2 Å². The molecule has 2 fully saturated rings. The van der Waals surface area contributed by atoms with Crippen molar-refractivity contribution >= 4 is 44.4 Å². The third kappa shape index (κ3) is 4.27. The lowest BCUT2D eigenvalue weighted by atomic mass is 10.1. The van der Waals surface area contributed by atoms with E-state index >= 15 is 0 Å². The molecule has 1 amide bonds. The summed E-state index contributed by atoms with van der Waals surface area (Å²) in [6.07, 6.45) is 2.82. The van der Waals surface area contributed by atoms with Crippen molar-refractivity contribution in [2.75, 3.05) is 31.6 Å². The Hall–Kier alpha value is -3.13. The number of carbonyl (C=O) groups is 1. The number of benzene rings is 2. The number of aliphatic imine (C=N–C) groups is 1. The van der Waals surface area contributed by atoms with E-state index in [-0.39, 0.29) is 6.09 Å². The molecule has 0 radical (unpaired) electrons. The van der Waals surface area contributed by atoms with Gasteiger partial charge in [0, 0.05) is 13.1 Å². The maximum Gasteiger partial charge on any atom is 0.416 e. The Balaban J connectivity index is 1.23. The quantitative estimate of drug-likeness (QED) is 0.581. The average Bonchev–Trinajstić information content (AvgIpc) is 3.50. The Morgan fingerprint density at radius 1 is 1.25 bits per heavy atom. The van der Waals surface area contributed by atoms with Gasteiger partial charge < -0.3 is 15.0 Å². The number of nitrogens with one attached hydrogen (secondary N) is 1. The van der Waals surface area contributed by atoms with Crippen molar-refractivity contribution in [3.63, 3.8) is 0 Å². The number of amides is 1. The van der Waals surface area contributed by atoms with E-state index in [4.69, 9.17) is 9.73 Å². The first-order valence-corrected chi connectivity index (χ1v) is 12.0. The molecular formula is C24H27N5O2S. The third-order valence-corrected chi connectivity index (χ3v) is 6.90. The minimum atomic E-state index is -0.307. The number of guanidine groups is 1. The summed E-state index contributed by atoms with van der Waals surface area (Å²) in [7, 11) is 0. The monoisotopic (exact) mass is 449 g/mol. The van der Waals surface area contributed by atoms with E-state index in [9.17, 15) is 4.79 Å². The summed E-state index contributed by atoms with van der Waals surface area (Å²) >= 11 is 1.68. The first-order valence-electron chi connectivity index (χ1n) is 11.2. The lowest BCUT2D eigenvalue weighted by Gasteiger charge is -2.20. The summed E-state index contributed by atoms with van der Waals surface area (Å²) in [5.74, 6) is 0.719. The van der Waals surface area contributed by atoms with Crippen LogP contribution in [0.15, 0.2) is 53.5 Å². The van der Waals surface area contributed by atoms with Gasteiger partial charge in [0.15, 0.2) is 5.13 Å². The lowest BCUT2D eigenvalue weighted by molar-refractivity contribution is 0.129. The number of nitrogens with zero attached hydrogens (tertiary/aromatic N) is 4. The molecule has 0 aliphatic carbocycles. The molecule has 0 spiro atoms. The largest absolute Gasteiger partial charge is 0.449 e. The van der Waals surface area contributed by atoms with Crippen LogP contribution in [0.4, 0.5) is 15.6 Å². The molecule has 0 saturated carbocycles. The number of rotatable bonds is 6. The number of hydrogen-bond acceptors (Lipinski definition) is 6. The van der Waals surface area contributed by atoms with E-state index < -0.39 is 0 Å². The third-order valence-electron chi connectivity index (χ3n) is 5.91. The Labute approximate surface area is 191 Å². The van der Waals surface area contributed by atoms with Crippen LogP contribution >= 0.6 is 11.3 Å². The summed E-state index contributed by atoms with van der Waals surface area (Å²) in [5, 5.41) is 4.38. The number of para-hydroxylation sites is 1. The first-order chi connectivity index (χ1) is 15.7. The maximum absolute atomic E-state index is 12.4. The van der Waals surface area contributed by atoms with Crippen LogP contribution in [-0.4, -0.2) is 59.1 Å². The van der Waals surface area contributed by atoms with Gasteiger partial charge in [-0.3, -0.25) is 0 Å². The molecule has 1 aromatic heterocycles. The fourth-order valence-corrected chi connectivity index (χ4v) is 5.22. The van der Waals surface area contributed by atoms with Gasteiger partial charge >= 0.3 is 6.09 Å². The second-order valence-electron chi connectivity index (χ2n) is 8.04. The summed E-state index contributed by atoms with van der Waals surface area (Å²) in [5.41, 5.74) is 3.12. The van der Waals surface area contributed by atoms with Crippen LogP contribution in [0.2, 0.25) is 0 Å². The zero-order valence-corrected chi connectivity index (χ0v) is 19.0. The van der Waals surface area contributed by atoms with Crippen molar-refractivity contribution in [1.82, 2.24) is 14.8 Å². The minimum Gasteiger partial charge on any atom is -0.449 e. The van der Waals surface area contributed by atoms with E-state index in [2.05, 4.69) is 33.4 Å². The molecule has 166 valence electrons. The van der Waals surface area contributed by atoms with E-state index in [1.165, 1.54) is 10.3 Å². The zero-order valence-electron chi connectivity index (χ0n) is 18.2. The van der Waals surface area contributed by atoms with E-state index in [0.717, 1.165) is 54.6 Å². The molecule has 2 aliphatic rings. The lowest BCUT2D eigenvalue weighted by Crippen LogP contribution is -2.37. The molecule has 3 heterocycles. The number of carbonyl (C=O) groups excluding carboxylic acids is 1. The first kappa shape index (κ1) is 20.8. The predicted molar refractivity (Wildman–Crippen MR) is 129 cm³/mol. The average molecular weight is 450 g/mol. The molecule has 1 N–H and O–H groups in total. The number of hydrogen-bond donors (Lipinski definition) is 1. The van der Waals surface area contributed by atoms with Gasteiger partial charge in [0.1, 0.15) is 0 Å². The van der Waals surface area contributed by atoms with Gasteiger partial charge in [0.25, 0.3) is 0 Å². The number of fused-ring (bicyclic) bond motifs is 2. The second kappa shape index (κ2) is 9.16. The Bertz CT molecular complexity index is 1090. The number of thiazole rings is 1. The normalized spacial score (nSPS) is 19.0. The molecular weight excluding hydrogens is 422 g/mol. The van der Waals surface area contributed by atoms with Crippen LogP contribution in [0.1, 0.15) is 25.3 Å². The number of aromatic nitrogens is 1. The molecule has 1 atom stereocenters. The van der Waals surface area contributed by atoms with Crippen molar-refractivity contribution < 1.29 is 9.53 Å². The SMILES string of the molecule is CCOC(=O)N1CC2CCCN2/C1=N\c1ccc(CCNc2nc3ccccc3s2)cc1. The van der Waals surface area contributed by atoms with Gasteiger partial charge in [0.05, 0.1) is 35.1 Å². The second-order valence-corrected chi connectivity index (χ2v) is 9.07. The highest BCUT2D eigenvalue weighted by atomic mass is 32.1. The standard InChI is InChI=1S/C24H27N5O2S/c1-2-31-24(30)29-16-19-6-5-15-28(19)23(29)26-18-11-9-17(10-12-18)13-14-25-22-27-20-7-3-4-8-21(20)32-22/h3-4,7-12,19H,2,5-6,13-16H2,1H3,(H,25,27)/b26-23+. The highest BCUT2D eigenvalue weighted by Crippen LogP contribution is 2.29. The Kier molecular flexibility index (Phi) is 5.94. The highest BCUT2D eigenvalue weighted by molar-refractivity contribution is 7.22. The molecule has 0 bridgehead atoms. The van der Waals surface area contributed by atoms with Crippen LogP contribution in [0.3, 0.4) is 0 Å². The molecule has 8 heteroatoms. The topological polar surface area (TPSA) is 70.1 Å². The van der Waals surface area contributed by atoms with Crippen molar-refractivity contribution in [3.05, 3.63) is 54.1 Å². The minimum absolute atomic E-state index is 0.307. The van der Waals surface area contributed by atoms with Crippen molar-refractivity contribution in [2.24, 2.45) is 4.99 Å². The molecule has 2 aliphatic heterocycles. The van der Waals surface area contributed by atoms with Gasteiger partial charge in [-0.25, -0.2) is 19.7 Å². The molecule has 2 aromatic carbocycles. The van der Waals surface area contributed by atoms with Gasteiger partial charge in [-0.2, -0.15) is 0 Å². The summed E-state index contributed by atoms with van der Waals surface area (Å²) in [6, 6.07) is 16.8. The fourth-order valence-electron chi connectivity index (χ4n) is 4.33. The Morgan fingerprint density at radius 3 is 2.91 bits per heavy atom. The molecule has 32 heavy (non-hydrogen) atoms. The van der Waals surface area contributed by atoms with Crippen molar-refractivity contribution in [3.8, 4) is 0 Å². The van der Waals surface area contributed by atoms with Gasteiger partial charge in [-0.05, 0) is 56.0 Å². The van der Waals surface area contributed by atoms with Gasteiger partial charge in [-0.1, -0.05) is 35.6 Å². The van der Waals surface area contributed by atoms with Crippen LogP contribution in [0, 0.1) is 0 Å². The summed E-state index contributed by atoms with van der Waals surface area (Å²) < 4.78 is 6.44. The summed E-state index contributed by atoms with van der Waals surface area (Å²) in [4.78, 5) is 25.8. The van der Waals surface area contributed by atoms with Crippen LogP contribution < -0.4 is 5.32 Å². The van der Waals surface area contributed by atoms with Crippen LogP contribution in [0.5, 0.6) is 0 Å². The summed E-state index contributed by atoms with van der Waals surface area (Å²) in [6.45, 7) is 4.62. The van der Waals surface area contributed by atoms with E-state index in [1.807, 2.05) is 37.3 Å². The fraction of sp³-hybridized carbons (Fsp3) is 0.375. The molecule has 1 unspecified atom stereocenters. The Morgan fingerprint density at radius 2 is 2.09 bits per heavy atom. The van der Waals surface area contributed by atoms with Crippen molar-refractivity contribution in [2.45, 2.75) is 32.2 Å². The van der Waals surface area contributed by atoms with Gasteiger partial charge in [-0.15, -0.1) is 0 Å². The van der Waals surface area contributed by atoms with E-state index in [1.54, 1.807) is 16.2 Å². The smallest absolute Gasteiger partial charge is 0.416 e. The molecule has 7 nitrogen and oxygen atoms in total. The predicted octanol–water partition coefficient (Wildman–Crippen LogP) is 4.87. The molecule has 2 saturated heterocycles. The number of ether oxygens (including phenoxy) is 1. The van der Waals surface area contributed by atoms with Crippen LogP contribution in [0.25, 0.3) is 10.2 Å². The molecule has 3 aromatic rings. The van der Waals surface area contributed by atoms with Gasteiger partial charge in [0.2, 0.25) is 5.96 Å².